The maximum atomic E-state index is 12.7. The summed E-state index contributed by atoms with van der Waals surface area (Å²) in [4.78, 5) is 21.3. The fourth-order valence-corrected chi connectivity index (χ4v) is 2.66. The van der Waals surface area contributed by atoms with Crippen molar-refractivity contribution >= 4 is 5.91 Å². The average molecular weight is 372 g/mol. The highest BCUT2D eigenvalue weighted by Crippen LogP contribution is 2.13. The number of aromatic nitrogens is 3. The lowest BCUT2D eigenvalue weighted by Gasteiger charge is -2.26. The van der Waals surface area contributed by atoms with E-state index in [1.807, 2.05) is 4.90 Å². The van der Waals surface area contributed by atoms with Crippen LogP contribution >= 0.6 is 0 Å². The maximum Gasteiger partial charge on any atom is 0.276 e. The first kappa shape index (κ1) is 18.6. The van der Waals surface area contributed by atoms with Crippen molar-refractivity contribution in [3.05, 3.63) is 66.1 Å². The summed E-state index contributed by atoms with van der Waals surface area (Å²) < 4.78 is 29.8. The van der Waals surface area contributed by atoms with Gasteiger partial charge in [-0.05, 0) is 55.7 Å². The zero-order chi connectivity index (χ0) is 19.1. The quantitative estimate of drug-likeness (QED) is 0.686. The molecular weight excluding hydrogens is 354 g/mol. The number of halogens is 2. The zero-order valence-corrected chi connectivity index (χ0v) is 14.5. The first-order valence-electron chi connectivity index (χ1n) is 8.57. The average Bonchev–Trinajstić information content (AvgIpc) is 3.25. The summed E-state index contributed by atoms with van der Waals surface area (Å²) in [5, 5.41) is 3.40. The monoisotopic (exact) mass is 372 g/mol. The second-order valence-corrected chi connectivity index (χ2v) is 5.97. The van der Waals surface area contributed by atoms with E-state index in [1.165, 1.54) is 37.0 Å². The number of pyridine rings is 1. The van der Waals surface area contributed by atoms with Gasteiger partial charge < -0.3 is 9.42 Å². The number of rotatable bonds is 2. The highest BCUT2D eigenvalue weighted by molar-refractivity contribution is 5.94. The van der Waals surface area contributed by atoms with Crippen molar-refractivity contribution in [3.8, 4) is 11.6 Å². The van der Waals surface area contributed by atoms with Crippen molar-refractivity contribution in [3.63, 3.8) is 0 Å². The van der Waals surface area contributed by atoms with E-state index in [2.05, 4.69) is 15.1 Å². The summed E-state index contributed by atoms with van der Waals surface area (Å²) in [6, 6.07) is 8.52. The number of piperidine rings is 1. The standard InChI is InChI=1S/C12H14FNO.C7H4FN3O/c13-11-6-4-10(5-7-11)12(15)14-8-2-1-3-9-14;8-5-1-2-6(9-3-5)7-10-4-11-12-7/h4-7H,1-3,8-9H2;1-4H. The van der Waals surface area contributed by atoms with Gasteiger partial charge in [-0.1, -0.05) is 5.16 Å². The third-order valence-corrected chi connectivity index (χ3v) is 4.04. The van der Waals surface area contributed by atoms with E-state index in [1.54, 1.807) is 12.1 Å². The molecule has 0 unspecified atom stereocenters. The van der Waals surface area contributed by atoms with Crippen LogP contribution in [0.5, 0.6) is 0 Å². The van der Waals surface area contributed by atoms with Crippen LogP contribution in [0.2, 0.25) is 0 Å². The largest absolute Gasteiger partial charge is 0.339 e. The summed E-state index contributed by atoms with van der Waals surface area (Å²) in [5.74, 6) is -0.381. The minimum Gasteiger partial charge on any atom is -0.339 e. The molecule has 8 heteroatoms. The predicted octanol–water partition coefficient (Wildman–Crippen LogP) is 3.72. The Morgan fingerprint density at radius 2 is 1.63 bits per heavy atom. The molecule has 1 amide bonds. The Morgan fingerprint density at radius 3 is 2.22 bits per heavy atom. The number of hydrogen-bond donors (Lipinski definition) is 0. The molecule has 3 heterocycles. The van der Waals surface area contributed by atoms with Crippen LogP contribution in [0.4, 0.5) is 8.78 Å². The second-order valence-electron chi connectivity index (χ2n) is 5.97. The van der Waals surface area contributed by atoms with E-state index in [0.29, 0.717) is 11.3 Å². The Kier molecular flexibility index (Phi) is 6.19. The van der Waals surface area contributed by atoms with Crippen molar-refractivity contribution in [1.82, 2.24) is 20.0 Å². The minimum absolute atomic E-state index is 0.0229. The highest BCUT2D eigenvalue weighted by Gasteiger charge is 2.17. The smallest absolute Gasteiger partial charge is 0.276 e. The van der Waals surface area contributed by atoms with Crippen molar-refractivity contribution in [2.45, 2.75) is 19.3 Å². The number of benzene rings is 1. The number of hydrogen-bond acceptors (Lipinski definition) is 5. The molecule has 0 bridgehead atoms. The summed E-state index contributed by atoms with van der Waals surface area (Å²) in [6.45, 7) is 1.66. The third kappa shape index (κ3) is 5.16. The van der Waals surface area contributed by atoms with E-state index in [9.17, 15) is 13.6 Å². The number of likely N-dealkylation sites (tertiary alicyclic amines) is 1. The van der Waals surface area contributed by atoms with Gasteiger partial charge in [-0.3, -0.25) is 4.79 Å². The van der Waals surface area contributed by atoms with Crippen LogP contribution in [0.1, 0.15) is 29.6 Å². The van der Waals surface area contributed by atoms with Crippen LogP contribution in [0.25, 0.3) is 11.6 Å². The lowest BCUT2D eigenvalue weighted by molar-refractivity contribution is 0.0724. The molecule has 3 aromatic rings. The summed E-state index contributed by atoms with van der Waals surface area (Å²) >= 11 is 0. The first-order chi connectivity index (χ1) is 13.1. The summed E-state index contributed by atoms with van der Waals surface area (Å²) in [5.41, 5.74) is 1.05. The molecule has 0 atom stereocenters. The van der Waals surface area contributed by atoms with E-state index in [4.69, 9.17) is 4.52 Å². The molecule has 2 aromatic heterocycles. The van der Waals surface area contributed by atoms with Crippen molar-refractivity contribution in [1.29, 1.82) is 0 Å². The number of nitrogens with zero attached hydrogens (tertiary/aromatic N) is 4. The zero-order valence-electron chi connectivity index (χ0n) is 14.5. The third-order valence-electron chi connectivity index (χ3n) is 4.04. The SMILES string of the molecule is Fc1ccc(-c2ncno2)nc1.O=C(c1ccc(F)cc1)N1CCCCC1. The predicted molar refractivity (Wildman–Crippen MR) is 93.6 cm³/mol. The van der Waals surface area contributed by atoms with E-state index < -0.39 is 5.82 Å². The lowest BCUT2D eigenvalue weighted by atomic mass is 10.1. The van der Waals surface area contributed by atoms with E-state index >= 15 is 0 Å². The Balaban J connectivity index is 0.000000159. The van der Waals surface area contributed by atoms with Crippen LogP contribution < -0.4 is 0 Å². The van der Waals surface area contributed by atoms with Crippen LogP contribution in [0.15, 0.2) is 53.4 Å². The molecule has 1 aromatic carbocycles. The van der Waals surface area contributed by atoms with Gasteiger partial charge in [0.1, 0.15) is 17.3 Å². The van der Waals surface area contributed by atoms with Crippen LogP contribution in [-0.2, 0) is 0 Å². The molecule has 1 fully saturated rings. The van der Waals surface area contributed by atoms with Gasteiger partial charge in [-0.15, -0.1) is 0 Å². The summed E-state index contributed by atoms with van der Waals surface area (Å²) in [7, 11) is 0. The molecule has 140 valence electrons. The van der Waals surface area contributed by atoms with Crippen molar-refractivity contribution in [2.75, 3.05) is 13.1 Å². The Morgan fingerprint density at radius 1 is 0.926 bits per heavy atom. The topological polar surface area (TPSA) is 72.1 Å². The second kappa shape index (κ2) is 8.98. The molecule has 6 nitrogen and oxygen atoms in total. The molecule has 1 aliphatic rings. The van der Waals surface area contributed by atoms with Crippen LogP contribution in [0, 0.1) is 11.6 Å². The Hall–Kier alpha value is -3.16. The van der Waals surface area contributed by atoms with Gasteiger partial charge in [0.25, 0.3) is 11.8 Å². The number of amides is 1. The van der Waals surface area contributed by atoms with Crippen LogP contribution in [-0.4, -0.2) is 39.0 Å². The Bertz CT molecular complexity index is 846. The Labute approximate surface area is 154 Å². The molecule has 27 heavy (non-hydrogen) atoms. The van der Waals surface area contributed by atoms with E-state index in [-0.39, 0.29) is 17.6 Å². The van der Waals surface area contributed by atoms with E-state index in [0.717, 1.165) is 32.1 Å². The summed E-state index contributed by atoms with van der Waals surface area (Å²) in [6.07, 6.45) is 5.72. The van der Waals surface area contributed by atoms with Gasteiger partial charge in [0.2, 0.25) is 0 Å². The van der Waals surface area contributed by atoms with Gasteiger partial charge in [0.15, 0.2) is 6.33 Å². The number of carbonyl (C=O) groups is 1. The number of carbonyl (C=O) groups excluding carboxylic acids is 1. The van der Waals surface area contributed by atoms with Crippen LogP contribution in [0.3, 0.4) is 0 Å². The molecule has 1 aliphatic heterocycles. The molecule has 1 saturated heterocycles. The van der Waals surface area contributed by atoms with Crippen molar-refractivity contribution in [2.24, 2.45) is 0 Å². The molecule has 0 aliphatic carbocycles. The minimum atomic E-state index is -0.390. The van der Waals surface area contributed by atoms with Gasteiger partial charge in [-0.25, -0.2) is 13.8 Å². The first-order valence-corrected chi connectivity index (χ1v) is 8.57. The molecule has 4 rings (SSSR count). The molecule has 0 saturated carbocycles. The maximum absolute atomic E-state index is 12.7. The van der Waals surface area contributed by atoms with Gasteiger partial charge in [-0.2, -0.15) is 4.98 Å². The van der Waals surface area contributed by atoms with Gasteiger partial charge in [0.05, 0.1) is 6.20 Å². The molecular formula is C19H18F2N4O2. The fourth-order valence-electron chi connectivity index (χ4n) is 2.66. The van der Waals surface area contributed by atoms with Gasteiger partial charge in [0, 0.05) is 18.7 Å². The van der Waals surface area contributed by atoms with Crippen molar-refractivity contribution < 1.29 is 18.1 Å². The highest BCUT2D eigenvalue weighted by atomic mass is 19.1. The molecule has 0 N–H and O–H groups in total. The van der Waals surface area contributed by atoms with Gasteiger partial charge >= 0.3 is 0 Å². The normalized spacial score (nSPS) is 13.6. The molecule has 0 spiro atoms. The fraction of sp³-hybridized carbons (Fsp3) is 0.263. The lowest BCUT2D eigenvalue weighted by Crippen LogP contribution is -2.35. The molecule has 0 radical (unpaired) electrons.